The molecule has 1 aromatic carbocycles. The predicted molar refractivity (Wildman–Crippen MR) is 112 cm³/mol. The molecule has 2 amide bonds. The number of nitrogens with zero attached hydrogens (tertiary/aromatic N) is 2. The maximum Gasteiger partial charge on any atom is 0.239 e. The van der Waals surface area contributed by atoms with Gasteiger partial charge < -0.3 is 10.2 Å². The van der Waals surface area contributed by atoms with Crippen molar-refractivity contribution in [1.82, 2.24) is 15.1 Å². The molecule has 0 radical (unpaired) electrons. The van der Waals surface area contributed by atoms with Crippen LogP contribution < -0.4 is 5.32 Å². The van der Waals surface area contributed by atoms with Gasteiger partial charge in [-0.2, -0.15) is 0 Å². The van der Waals surface area contributed by atoms with Gasteiger partial charge in [0.2, 0.25) is 11.8 Å². The lowest BCUT2D eigenvalue weighted by Crippen LogP contribution is -2.50. The highest BCUT2D eigenvalue weighted by atomic mass is 16.2. The first kappa shape index (κ1) is 20.8. The molecule has 0 aliphatic carbocycles. The van der Waals surface area contributed by atoms with Crippen LogP contribution in [0.2, 0.25) is 0 Å². The molecule has 2 fully saturated rings. The van der Waals surface area contributed by atoms with Gasteiger partial charge in [0.1, 0.15) is 0 Å². The fourth-order valence-corrected chi connectivity index (χ4v) is 4.30. The van der Waals surface area contributed by atoms with Gasteiger partial charge in [-0.15, -0.1) is 0 Å². The number of nitrogens with one attached hydrogen (secondary N) is 1. The van der Waals surface area contributed by atoms with E-state index in [-0.39, 0.29) is 24.4 Å². The van der Waals surface area contributed by atoms with Crippen molar-refractivity contribution in [2.75, 3.05) is 26.2 Å². The number of carbonyl (C=O) groups is 2. The molecular weight excluding hydrogens is 350 g/mol. The van der Waals surface area contributed by atoms with Crippen LogP contribution in [0.5, 0.6) is 0 Å². The molecule has 0 bridgehead atoms. The SMILES string of the molecule is CC(C)Cc1ccc(CN2CCCC(NC(=O)CN3CCCCC3=O)C2)cc1. The minimum atomic E-state index is -0.0138. The molecule has 154 valence electrons. The molecule has 0 saturated carbocycles. The third-order valence-corrected chi connectivity index (χ3v) is 5.70. The number of likely N-dealkylation sites (tertiary alicyclic amines) is 2. The average molecular weight is 386 g/mol. The van der Waals surface area contributed by atoms with Crippen molar-refractivity contribution in [2.45, 2.75) is 65.0 Å². The summed E-state index contributed by atoms with van der Waals surface area (Å²) in [6.07, 6.45) is 5.78. The van der Waals surface area contributed by atoms with Crippen molar-refractivity contribution in [1.29, 1.82) is 0 Å². The van der Waals surface area contributed by atoms with Crippen molar-refractivity contribution in [3.05, 3.63) is 35.4 Å². The number of hydrogen-bond donors (Lipinski definition) is 1. The van der Waals surface area contributed by atoms with Gasteiger partial charge in [0.05, 0.1) is 6.54 Å². The Bertz CT molecular complexity index is 656. The quantitative estimate of drug-likeness (QED) is 0.785. The Morgan fingerprint density at radius 3 is 2.57 bits per heavy atom. The molecule has 0 spiro atoms. The fourth-order valence-electron chi connectivity index (χ4n) is 4.30. The first-order valence-electron chi connectivity index (χ1n) is 10.9. The largest absolute Gasteiger partial charge is 0.351 e. The Morgan fingerprint density at radius 1 is 1.11 bits per heavy atom. The lowest BCUT2D eigenvalue weighted by Gasteiger charge is -2.34. The number of rotatable bonds is 7. The second-order valence-corrected chi connectivity index (χ2v) is 8.83. The Hall–Kier alpha value is -1.88. The zero-order chi connectivity index (χ0) is 19.9. The molecule has 28 heavy (non-hydrogen) atoms. The molecular formula is C23H35N3O2. The molecule has 3 rings (SSSR count). The van der Waals surface area contributed by atoms with E-state index in [1.54, 1.807) is 4.90 Å². The summed E-state index contributed by atoms with van der Waals surface area (Å²) >= 11 is 0. The lowest BCUT2D eigenvalue weighted by molar-refractivity contribution is -0.138. The van der Waals surface area contributed by atoms with Crippen molar-refractivity contribution in [2.24, 2.45) is 5.92 Å². The highest BCUT2D eigenvalue weighted by Gasteiger charge is 2.24. The molecule has 1 aromatic rings. The van der Waals surface area contributed by atoms with E-state index in [4.69, 9.17) is 0 Å². The smallest absolute Gasteiger partial charge is 0.239 e. The first-order valence-corrected chi connectivity index (χ1v) is 10.9. The van der Waals surface area contributed by atoms with E-state index in [9.17, 15) is 9.59 Å². The maximum absolute atomic E-state index is 12.4. The minimum Gasteiger partial charge on any atom is -0.351 e. The van der Waals surface area contributed by atoms with Gasteiger partial charge in [-0.1, -0.05) is 38.1 Å². The number of carbonyl (C=O) groups excluding carboxylic acids is 2. The topological polar surface area (TPSA) is 52.7 Å². The normalized spacial score (nSPS) is 21.2. The number of amides is 2. The number of benzene rings is 1. The summed E-state index contributed by atoms with van der Waals surface area (Å²) < 4.78 is 0. The highest BCUT2D eigenvalue weighted by Crippen LogP contribution is 2.16. The van der Waals surface area contributed by atoms with Crippen molar-refractivity contribution in [3.8, 4) is 0 Å². The van der Waals surface area contributed by atoms with Crippen LogP contribution in [0.3, 0.4) is 0 Å². The molecule has 1 unspecified atom stereocenters. The summed E-state index contributed by atoms with van der Waals surface area (Å²) in [7, 11) is 0. The maximum atomic E-state index is 12.4. The summed E-state index contributed by atoms with van der Waals surface area (Å²) in [5.74, 6) is 0.783. The second-order valence-electron chi connectivity index (χ2n) is 8.83. The Balaban J connectivity index is 1.45. The summed E-state index contributed by atoms with van der Waals surface area (Å²) in [5, 5.41) is 3.16. The van der Waals surface area contributed by atoms with Crippen LogP contribution in [0.1, 0.15) is 57.1 Å². The first-order chi connectivity index (χ1) is 13.5. The molecule has 1 N–H and O–H groups in total. The molecule has 2 saturated heterocycles. The molecule has 5 nitrogen and oxygen atoms in total. The van der Waals surface area contributed by atoms with Crippen LogP contribution in [0.15, 0.2) is 24.3 Å². The molecule has 2 aliphatic rings. The Labute approximate surface area is 169 Å². The van der Waals surface area contributed by atoms with Gasteiger partial charge in [0.15, 0.2) is 0 Å². The van der Waals surface area contributed by atoms with Gasteiger partial charge in [0.25, 0.3) is 0 Å². The van der Waals surface area contributed by atoms with Gasteiger partial charge in [0, 0.05) is 32.1 Å². The molecule has 2 aliphatic heterocycles. The molecule has 0 aromatic heterocycles. The van der Waals surface area contributed by atoms with Gasteiger partial charge >= 0.3 is 0 Å². The third-order valence-electron chi connectivity index (χ3n) is 5.70. The van der Waals surface area contributed by atoms with E-state index in [1.165, 1.54) is 11.1 Å². The van der Waals surface area contributed by atoms with Crippen LogP contribution in [-0.4, -0.2) is 53.8 Å². The van der Waals surface area contributed by atoms with Crippen LogP contribution in [0, 0.1) is 5.92 Å². The van der Waals surface area contributed by atoms with Crippen molar-refractivity contribution in [3.63, 3.8) is 0 Å². The van der Waals surface area contributed by atoms with Crippen molar-refractivity contribution >= 4 is 11.8 Å². The minimum absolute atomic E-state index is 0.0138. The lowest BCUT2D eigenvalue weighted by atomic mass is 10.0. The zero-order valence-electron chi connectivity index (χ0n) is 17.5. The highest BCUT2D eigenvalue weighted by molar-refractivity contribution is 5.85. The summed E-state index contributed by atoms with van der Waals surface area (Å²) in [6, 6.07) is 9.15. The van der Waals surface area contributed by atoms with Crippen LogP contribution in [-0.2, 0) is 22.6 Å². The summed E-state index contributed by atoms with van der Waals surface area (Å²) in [6.45, 7) is 8.31. The van der Waals surface area contributed by atoms with E-state index < -0.39 is 0 Å². The monoisotopic (exact) mass is 385 g/mol. The molecule has 5 heteroatoms. The van der Waals surface area contributed by atoms with E-state index in [0.717, 1.165) is 58.3 Å². The van der Waals surface area contributed by atoms with Crippen LogP contribution in [0.25, 0.3) is 0 Å². The van der Waals surface area contributed by atoms with Gasteiger partial charge in [-0.05, 0) is 55.7 Å². The predicted octanol–water partition coefficient (Wildman–Crippen LogP) is 2.98. The number of piperidine rings is 2. The van der Waals surface area contributed by atoms with E-state index in [0.29, 0.717) is 12.3 Å². The molecule has 2 heterocycles. The average Bonchev–Trinajstić information content (AvgIpc) is 2.65. The fraction of sp³-hybridized carbons (Fsp3) is 0.652. The van der Waals surface area contributed by atoms with Crippen molar-refractivity contribution < 1.29 is 9.59 Å². The Kier molecular flexibility index (Phi) is 7.49. The third kappa shape index (κ3) is 6.33. The standard InChI is InChI=1S/C23H35N3O2/c1-18(2)14-19-8-10-20(11-9-19)15-25-12-5-6-21(16-25)24-22(27)17-26-13-4-3-7-23(26)28/h8-11,18,21H,3-7,12-17H2,1-2H3,(H,24,27). The summed E-state index contributed by atoms with van der Waals surface area (Å²) in [4.78, 5) is 28.4. The Morgan fingerprint density at radius 2 is 1.86 bits per heavy atom. The van der Waals surface area contributed by atoms with Gasteiger partial charge in [-0.25, -0.2) is 0 Å². The second kappa shape index (κ2) is 10.1. The van der Waals surface area contributed by atoms with E-state index in [2.05, 4.69) is 48.3 Å². The zero-order valence-corrected chi connectivity index (χ0v) is 17.5. The van der Waals surface area contributed by atoms with E-state index in [1.807, 2.05) is 0 Å². The van der Waals surface area contributed by atoms with Crippen LogP contribution in [0.4, 0.5) is 0 Å². The van der Waals surface area contributed by atoms with E-state index >= 15 is 0 Å². The molecule has 1 atom stereocenters. The van der Waals surface area contributed by atoms with Crippen LogP contribution >= 0.6 is 0 Å². The number of hydrogen-bond acceptors (Lipinski definition) is 3. The van der Waals surface area contributed by atoms with Gasteiger partial charge in [-0.3, -0.25) is 14.5 Å². The summed E-state index contributed by atoms with van der Waals surface area (Å²) in [5.41, 5.74) is 2.73.